The Bertz CT molecular complexity index is 246. The van der Waals surface area contributed by atoms with Crippen molar-refractivity contribution in [1.82, 2.24) is 0 Å². The van der Waals surface area contributed by atoms with Crippen molar-refractivity contribution in [3.8, 4) is 0 Å². The summed E-state index contributed by atoms with van der Waals surface area (Å²) in [6.45, 7) is 0. The molecular weight excluding hydrogens is 295 g/mol. The summed E-state index contributed by atoms with van der Waals surface area (Å²) >= 11 is 5.11. The highest BCUT2D eigenvalue weighted by Crippen LogP contribution is 2.16. The van der Waals surface area contributed by atoms with E-state index in [4.69, 9.17) is 0 Å². The van der Waals surface area contributed by atoms with Crippen LogP contribution in [0.3, 0.4) is 0 Å². The van der Waals surface area contributed by atoms with E-state index < -0.39 is 0 Å². The first-order valence-electron chi connectivity index (χ1n) is 2.24. The van der Waals surface area contributed by atoms with E-state index in [1.54, 1.807) is 6.08 Å². The second-order valence-corrected chi connectivity index (χ2v) is 3.49. The van der Waals surface area contributed by atoms with E-state index in [-0.39, 0.29) is 5.78 Å². The second kappa shape index (κ2) is 2.82. The maximum atomic E-state index is 10.8. The van der Waals surface area contributed by atoms with Crippen molar-refractivity contribution in [3.63, 3.8) is 0 Å². The zero-order chi connectivity index (χ0) is 6.85. The van der Waals surface area contributed by atoms with Gasteiger partial charge in [-0.25, -0.2) is 0 Å². The van der Waals surface area contributed by atoms with Crippen LogP contribution >= 0.6 is 38.5 Å². The van der Waals surface area contributed by atoms with Gasteiger partial charge in [0, 0.05) is 10.6 Å². The SMILES string of the molecule is O=C1C=C(Br)C=C=C1I. The predicted octanol–water partition coefficient (Wildman–Crippen LogP) is 2.32. The highest BCUT2D eigenvalue weighted by Gasteiger charge is 2.04. The van der Waals surface area contributed by atoms with Crippen LogP contribution in [0.1, 0.15) is 0 Å². The summed E-state index contributed by atoms with van der Waals surface area (Å²) in [7, 11) is 0. The molecule has 1 nitrogen and oxygen atoms in total. The molecule has 0 saturated carbocycles. The van der Waals surface area contributed by atoms with E-state index in [0.29, 0.717) is 3.58 Å². The van der Waals surface area contributed by atoms with Crippen LogP contribution in [0, 0.1) is 0 Å². The lowest BCUT2D eigenvalue weighted by molar-refractivity contribution is -0.110. The lowest BCUT2D eigenvalue weighted by Crippen LogP contribution is -1.93. The van der Waals surface area contributed by atoms with E-state index in [9.17, 15) is 4.79 Å². The lowest BCUT2D eigenvalue weighted by atomic mass is 10.3. The van der Waals surface area contributed by atoms with Crippen LogP contribution < -0.4 is 0 Å². The van der Waals surface area contributed by atoms with Crippen LogP contribution in [0.2, 0.25) is 0 Å². The van der Waals surface area contributed by atoms with E-state index in [1.807, 2.05) is 22.6 Å². The average Bonchev–Trinajstić information content (AvgIpc) is 1.80. The summed E-state index contributed by atoms with van der Waals surface area (Å²) in [6.07, 6.45) is 3.25. The lowest BCUT2D eigenvalue weighted by Gasteiger charge is -1.93. The highest BCUT2D eigenvalue weighted by atomic mass is 127. The number of hydrogen-bond donors (Lipinski definition) is 0. The maximum Gasteiger partial charge on any atom is 0.200 e. The molecule has 0 aromatic heterocycles. The molecule has 1 aliphatic rings. The third-order valence-electron chi connectivity index (χ3n) is 0.822. The monoisotopic (exact) mass is 296 g/mol. The molecule has 0 aromatic carbocycles. The van der Waals surface area contributed by atoms with Gasteiger partial charge in [-0.1, -0.05) is 15.9 Å². The highest BCUT2D eigenvalue weighted by molar-refractivity contribution is 14.1. The smallest absolute Gasteiger partial charge is 0.200 e. The van der Waals surface area contributed by atoms with Crippen molar-refractivity contribution >= 4 is 44.3 Å². The van der Waals surface area contributed by atoms with Gasteiger partial charge in [-0.15, -0.1) is 5.73 Å². The molecule has 0 atom stereocenters. The van der Waals surface area contributed by atoms with Gasteiger partial charge in [-0.2, -0.15) is 0 Å². The fourth-order valence-electron chi connectivity index (χ4n) is 0.434. The Morgan fingerprint density at radius 2 is 2.33 bits per heavy atom. The van der Waals surface area contributed by atoms with Gasteiger partial charge in [0.15, 0.2) is 0 Å². The Hall–Kier alpha value is 0.140. The van der Waals surface area contributed by atoms with E-state index in [1.165, 1.54) is 6.08 Å². The van der Waals surface area contributed by atoms with Crippen LogP contribution in [-0.2, 0) is 4.79 Å². The zero-order valence-electron chi connectivity index (χ0n) is 4.32. The number of carbonyl (C=O) groups excluding carboxylic acids is 1. The number of hydrogen-bond acceptors (Lipinski definition) is 1. The molecular formula is C6H2BrIO. The quantitative estimate of drug-likeness (QED) is 0.495. The molecule has 0 aliphatic heterocycles. The normalized spacial score (nSPS) is 17.3. The molecule has 1 rings (SSSR count). The third kappa shape index (κ3) is 1.78. The molecule has 3 heteroatoms. The molecule has 0 radical (unpaired) electrons. The molecule has 0 fully saturated rings. The van der Waals surface area contributed by atoms with Gasteiger partial charge in [-0.05, 0) is 28.7 Å². The number of ketones is 1. The fourth-order valence-corrected chi connectivity index (χ4v) is 1.07. The molecule has 9 heavy (non-hydrogen) atoms. The summed E-state index contributed by atoms with van der Waals surface area (Å²) in [6, 6.07) is 0. The van der Waals surface area contributed by atoms with E-state index >= 15 is 0 Å². The van der Waals surface area contributed by atoms with Crippen molar-refractivity contribution in [3.05, 3.63) is 25.9 Å². The molecule has 0 aromatic rings. The van der Waals surface area contributed by atoms with Crippen molar-refractivity contribution in [1.29, 1.82) is 0 Å². The summed E-state index contributed by atoms with van der Waals surface area (Å²) in [4.78, 5) is 10.8. The van der Waals surface area contributed by atoms with Crippen LogP contribution in [0.4, 0.5) is 0 Å². The predicted molar refractivity (Wildman–Crippen MR) is 47.6 cm³/mol. The first-order chi connectivity index (χ1) is 4.20. The van der Waals surface area contributed by atoms with Crippen molar-refractivity contribution in [2.75, 3.05) is 0 Å². The van der Waals surface area contributed by atoms with E-state index in [0.717, 1.165) is 4.48 Å². The van der Waals surface area contributed by atoms with Crippen molar-refractivity contribution < 1.29 is 4.79 Å². The average molecular weight is 297 g/mol. The van der Waals surface area contributed by atoms with Crippen LogP contribution in [-0.4, -0.2) is 5.78 Å². The van der Waals surface area contributed by atoms with Crippen LogP contribution in [0.5, 0.6) is 0 Å². The number of halogens is 2. The van der Waals surface area contributed by atoms with Crippen molar-refractivity contribution in [2.45, 2.75) is 0 Å². The Morgan fingerprint density at radius 3 is 2.78 bits per heavy atom. The summed E-state index contributed by atoms with van der Waals surface area (Å²) in [5.74, 6) is 0.0185. The van der Waals surface area contributed by atoms with Gasteiger partial charge >= 0.3 is 0 Å². The number of rotatable bonds is 0. The van der Waals surface area contributed by atoms with Crippen LogP contribution in [0.25, 0.3) is 0 Å². The molecule has 1 aliphatic carbocycles. The van der Waals surface area contributed by atoms with Gasteiger partial charge in [0.25, 0.3) is 0 Å². The molecule has 46 valence electrons. The molecule has 0 heterocycles. The Balaban J connectivity index is 3.11. The number of allylic oxidation sites excluding steroid dienone is 3. The fraction of sp³-hybridized carbons (Fsp3) is 0. The number of carbonyl (C=O) groups is 1. The summed E-state index contributed by atoms with van der Waals surface area (Å²) < 4.78 is 1.42. The van der Waals surface area contributed by atoms with Gasteiger partial charge < -0.3 is 0 Å². The summed E-state index contributed by atoms with van der Waals surface area (Å²) in [5, 5.41) is 0. The molecule has 0 amide bonds. The summed E-state index contributed by atoms with van der Waals surface area (Å²) in [5.41, 5.74) is 2.80. The minimum atomic E-state index is 0.0185. The molecule has 0 unspecified atom stereocenters. The zero-order valence-corrected chi connectivity index (χ0v) is 8.06. The standard InChI is InChI=1S/C6H2BrIO/c7-4-1-2-5(8)6(9)3-4/h1,3H. The van der Waals surface area contributed by atoms with E-state index in [2.05, 4.69) is 21.7 Å². The Labute approximate surface area is 74.8 Å². The first-order valence-corrected chi connectivity index (χ1v) is 4.11. The second-order valence-electron chi connectivity index (χ2n) is 1.50. The first kappa shape index (κ1) is 7.25. The van der Waals surface area contributed by atoms with Crippen LogP contribution in [0.15, 0.2) is 25.9 Å². The largest absolute Gasteiger partial charge is 0.288 e. The molecule has 0 N–H and O–H groups in total. The Kier molecular flexibility index (Phi) is 2.27. The molecule has 0 spiro atoms. The van der Waals surface area contributed by atoms with Gasteiger partial charge in [0.05, 0.1) is 0 Å². The molecule has 0 bridgehead atoms. The minimum Gasteiger partial charge on any atom is -0.288 e. The maximum absolute atomic E-state index is 10.8. The minimum absolute atomic E-state index is 0.0185. The van der Waals surface area contributed by atoms with Crippen molar-refractivity contribution in [2.24, 2.45) is 0 Å². The topological polar surface area (TPSA) is 17.1 Å². The molecule has 0 saturated heterocycles. The van der Waals surface area contributed by atoms with Gasteiger partial charge in [-0.3, -0.25) is 4.79 Å². The van der Waals surface area contributed by atoms with Gasteiger partial charge in [0.1, 0.15) is 3.58 Å². The van der Waals surface area contributed by atoms with Gasteiger partial charge in [0.2, 0.25) is 5.78 Å². The third-order valence-corrected chi connectivity index (χ3v) is 2.12. The Morgan fingerprint density at radius 1 is 1.67 bits per heavy atom.